The Bertz CT molecular complexity index is 425. The van der Waals surface area contributed by atoms with E-state index in [1.807, 2.05) is 24.3 Å². The van der Waals surface area contributed by atoms with E-state index < -0.39 is 5.54 Å². The normalized spacial score (nSPS) is 17.6. The van der Waals surface area contributed by atoms with Gasteiger partial charge < -0.3 is 20.1 Å². The molecule has 104 valence electrons. The van der Waals surface area contributed by atoms with Crippen molar-refractivity contribution in [3.63, 3.8) is 0 Å². The number of esters is 1. The van der Waals surface area contributed by atoms with Gasteiger partial charge in [0.1, 0.15) is 11.3 Å². The van der Waals surface area contributed by atoms with E-state index in [4.69, 9.17) is 9.47 Å². The van der Waals surface area contributed by atoms with Crippen LogP contribution in [0.15, 0.2) is 24.3 Å². The number of rotatable bonds is 4. The molecule has 1 aromatic rings. The Kier molecular flexibility index (Phi) is 4.27. The van der Waals surface area contributed by atoms with Crippen LogP contribution in [-0.4, -0.2) is 38.8 Å². The first kappa shape index (κ1) is 13.7. The number of piperidine rings is 1. The molecule has 0 saturated carbocycles. The molecule has 2 N–H and O–H groups in total. The second-order valence-corrected chi connectivity index (χ2v) is 4.68. The molecule has 19 heavy (non-hydrogen) atoms. The van der Waals surface area contributed by atoms with Crippen molar-refractivity contribution in [1.82, 2.24) is 5.32 Å². The Morgan fingerprint density at radius 3 is 2.37 bits per heavy atom. The Morgan fingerprint density at radius 2 is 1.84 bits per heavy atom. The highest BCUT2D eigenvalue weighted by molar-refractivity contribution is 5.84. The lowest BCUT2D eigenvalue weighted by molar-refractivity contribution is -0.147. The first-order valence-electron chi connectivity index (χ1n) is 6.41. The Morgan fingerprint density at radius 1 is 1.21 bits per heavy atom. The molecule has 0 radical (unpaired) electrons. The van der Waals surface area contributed by atoms with Crippen LogP contribution in [0.25, 0.3) is 0 Å². The van der Waals surface area contributed by atoms with Gasteiger partial charge in [-0.25, -0.2) is 4.79 Å². The SMILES string of the molecule is COC(=O)C1(Nc2ccc(OC)cc2)CCNCC1. The van der Waals surface area contributed by atoms with Crippen LogP contribution in [0.4, 0.5) is 5.69 Å². The predicted molar refractivity (Wildman–Crippen MR) is 73.5 cm³/mol. The van der Waals surface area contributed by atoms with Gasteiger partial charge in [0.2, 0.25) is 0 Å². The number of hydrogen-bond donors (Lipinski definition) is 2. The average Bonchev–Trinajstić information content (AvgIpc) is 2.48. The van der Waals surface area contributed by atoms with E-state index in [-0.39, 0.29) is 5.97 Å². The number of carbonyl (C=O) groups is 1. The number of methoxy groups -OCH3 is 2. The molecule has 1 aliphatic heterocycles. The zero-order chi connectivity index (χ0) is 13.7. The van der Waals surface area contributed by atoms with E-state index in [1.165, 1.54) is 7.11 Å². The molecular formula is C14H20N2O3. The third kappa shape index (κ3) is 2.98. The molecule has 2 rings (SSSR count). The van der Waals surface area contributed by atoms with Crippen molar-refractivity contribution in [3.05, 3.63) is 24.3 Å². The summed E-state index contributed by atoms with van der Waals surface area (Å²) in [6.45, 7) is 1.61. The minimum atomic E-state index is -0.630. The van der Waals surface area contributed by atoms with Crippen LogP contribution in [0.2, 0.25) is 0 Å². The molecule has 0 atom stereocenters. The van der Waals surface area contributed by atoms with Crippen LogP contribution in [0.1, 0.15) is 12.8 Å². The van der Waals surface area contributed by atoms with Gasteiger partial charge in [0.25, 0.3) is 0 Å². The first-order chi connectivity index (χ1) is 9.20. The fraction of sp³-hybridized carbons (Fsp3) is 0.500. The van der Waals surface area contributed by atoms with Crippen LogP contribution in [0, 0.1) is 0 Å². The standard InChI is InChI=1S/C14H20N2O3/c1-18-12-5-3-11(4-6-12)16-14(13(17)19-2)7-9-15-10-8-14/h3-6,15-16H,7-10H2,1-2H3. The van der Waals surface area contributed by atoms with Crippen molar-refractivity contribution in [2.24, 2.45) is 0 Å². The molecule has 5 heteroatoms. The third-order valence-corrected chi connectivity index (χ3v) is 3.51. The summed E-state index contributed by atoms with van der Waals surface area (Å²) >= 11 is 0. The zero-order valence-corrected chi connectivity index (χ0v) is 11.4. The van der Waals surface area contributed by atoms with Crippen molar-refractivity contribution >= 4 is 11.7 Å². The molecular weight excluding hydrogens is 244 g/mol. The maximum Gasteiger partial charge on any atom is 0.331 e. The van der Waals surface area contributed by atoms with Crippen molar-refractivity contribution in [2.45, 2.75) is 18.4 Å². The van der Waals surface area contributed by atoms with E-state index in [2.05, 4.69) is 10.6 Å². The van der Waals surface area contributed by atoms with Crippen LogP contribution in [0.5, 0.6) is 5.75 Å². The topological polar surface area (TPSA) is 59.6 Å². The van der Waals surface area contributed by atoms with Crippen LogP contribution < -0.4 is 15.4 Å². The minimum absolute atomic E-state index is 0.204. The monoisotopic (exact) mass is 264 g/mol. The van der Waals surface area contributed by atoms with Gasteiger partial charge in [-0.1, -0.05) is 0 Å². The summed E-state index contributed by atoms with van der Waals surface area (Å²) in [5.74, 6) is 0.591. The molecule has 1 fully saturated rings. The van der Waals surface area contributed by atoms with Crippen molar-refractivity contribution in [3.8, 4) is 5.75 Å². The van der Waals surface area contributed by atoms with E-state index in [9.17, 15) is 4.79 Å². The van der Waals surface area contributed by atoms with Gasteiger partial charge in [-0.3, -0.25) is 0 Å². The maximum absolute atomic E-state index is 12.1. The Hall–Kier alpha value is -1.75. The van der Waals surface area contributed by atoms with Crippen LogP contribution >= 0.6 is 0 Å². The molecule has 0 aliphatic carbocycles. The zero-order valence-electron chi connectivity index (χ0n) is 11.4. The van der Waals surface area contributed by atoms with Crippen LogP contribution in [-0.2, 0) is 9.53 Å². The Balaban J connectivity index is 2.17. The molecule has 0 bridgehead atoms. The average molecular weight is 264 g/mol. The highest BCUT2D eigenvalue weighted by atomic mass is 16.5. The number of nitrogens with one attached hydrogen (secondary N) is 2. The molecule has 1 saturated heterocycles. The summed E-state index contributed by atoms with van der Waals surface area (Å²) in [5.41, 5.74) is 0.266. The van der Waals surface area contributed by atoms with Gasteiger partial charge in [-0.15, -0.1) is 0 Å². The molecule has 0 aromatic heterocycles. The second kappa shape index (κ2) is 5.93. The highest BCUT2D eigenvalue weighted by Gasteiger charge is 2.40. The van der Waals surface area contributed by atoms with Gasteiger partial charge in [0, 0.05) is 5.69 Å². The summed E-state index contributed by atoms with van der Waals surface area (Å²) in [6.07, 6.45) is 1.43. The quantitative estimate of drug-likeness (QED) is 0.805. The molecule has 1 aromatic carbocycles. The fourth-order valence-electron chi connectivity index (χ4n) is 2.38. The number of ether oxygens (including phenoxy) is 2. The fourth-order valence-corrected chi connectivity index (χ4v) is 2.38. The Labute approximate surface area is 113 Å². The summed E-state index contributed by atoms with van der Waals surface area (Å²) in [6, 6.07) is 7.56. The number of anilines is 1. The number of hydrogen-bond acceptors (Lipinski definition) is 5. The maximum atomic E-state index is 12.1. The highest BCUT2D eigenvalue weighted by Crippen LogP contribution is 2.26. The van der Waals surface area contributed by atoms with Crippen molar-refractivity contribution < 1.29 is 14.3 Å². The van der Waals surface area contributed by atoms with Gasteiger partial charge in [-0.2, -0.15) is 0 Å². The summed E-state index contributed by atoms with van der Waals surface area (Å²) < 4.78 is 10.1. The molecule has 0 spiro atoms. The first-order valence-corrected chi connectivity index (χ1v) is 6.41. The van der Waals surface area contributed by atoms with E-state index >= 15 is 0 Å². The molecule has 0 unspecified atom stereocenters. The van der Waals surface area contributed by atoms with E-state index in [0.717, 1.165) is 24.5 Å². The van der Waals surface area contributed by atoms with Gasteiger partial charge >= 0.3 is 5.97 Å². The molecule has 1 heterocycles. The van der Waals surface area contributed by atoms with Crippen molar-refractivity contribution in [2.75, 3.05) is 32.6 Å². The largest absolute Gasteiger partial charge is 0.497 e. The number of carbonyl (C=O) groups excluding carboxylic acids is 1. The lowest BCUT2D eigenvalue weighted by Gasteiger charge is -2.36. The van der Waals surface area contributed by atoms with Gasteiger partial charge in [0.15, 0.2) is 0 Å². The lowest BCUT2D eigenvalue weighted by Crippen LogP contribution is -2.54. The van der Waals surface area contributed by atoms with E-state index in [1.54, 1.807) is 7.11 Å². The third-order valence-electron chi connectivity index (χ3n) is 3.51. The van der Waals surface area contributed by atoms with E-state index in [0.29, 0.717) is 12.8 Å². The van der Waals surface area contributed by atoms with Crippen molar-refractivity contribution in [1.29, 1.82) is 0 Å². The predicted octanol–water partition coefficient (Wildman–Crippen LogP) is 1.40. The smallest absolute Gasteiger partial charge is 0.331 e. The molecule has 0 amide bonds. The van der Waals surface area contributed by atoms with Gasteiger partial charge in [0.05, 0.1) is 14.2 Å². The number of benzene rings is 1. The lowest BCUT2D eigenvalue weighted by atomic mass is 9.88. The summed E-state index contributed by atoms with van der Waals surface area (Å²) in [4.78, 5) is 12.1. The van der Waals surface area contributed by atoms with Gasteiger partial charge in [-0.05, 0) is 50.2 Å². The van der Waals surface area contributed by atoms with Crippen LogP contribution in [0.3, 0.4) is 0 Å². The molecule has 5 nitrogen and oxygen atoms in total. The minimum Gasteiger partial charge on any atom is -0.497 e. The molecule has 1 aliphatic rings. The summed E-state index contributed by atoms with van der Waals surface area (Å²) in [7, 11) is 3.06. The summed E-state index contributed by atoms with van der Waals surface area (Å²) in [5, 5.41) is 6.58. The second-order valence-electron chi connectivity index (χ2n) is 4.68.